The maximum Gasteiger partial charge on any atom is 0.246 e. The first kappa shape index (κ1) is 22.4. The molecular weight excluding hydrogens is 452 g/mol. The van der Waals surface area contributed by atoms with E-state index < -0.39 is 11.0 Å². The number of likely N-dealkylation sites (tertiary alicyclic amines) is 1. The molecule has 2 bridgehead atoms. The largest absolute Gasteiger partial charge is 0.504 e. The number of benzene rings is 2. The van der Waals surface area contributed by atoms with Gasteiger partial charge in [-0.05, 0) is 74.3 Å². The lowest BCUT2D eigenvalue weighted by Gasteiger charge is -2.64. The summed E-state index contributed by atoms with van der Waals surface area (Å²) in [5.74, 6) is 1.34. The minimum absolute atomic E-state index is 0.0425. The van der Waals surface area contributed by atoms with Crippen LogP contribution in [0.3, 0.4) is 0 Å². The molecule has 2 saturated carbocycles. The molecule has 2 heterocycles. The van der Waals surface area contributed by atoms with Gasteiger partial charge in [0.1, 0.15) is 6.10 Å². The monoisotopic (exact) mass is 486 g/mol. The summed E-state index contributed by atoms with van der Waals surface area (Å²) in [6, 6.07) is 13.4. The fraction of sp³-hybridized carbons (Fsp3) is 0.500. The van der Waals surface area contributed by atoms with Crippen LogP contribution < -0.4 is 4.74 Å². The molecule has 2 aliphatic heterocycles. The third-order valence-electron chi connectivity index (χ3n) is 9.79. The van der Waals surface area contributed by atoms with Gasteiger partial charge in [0.05, 0.1) is 17.1 Å². The van der Waals surface area contributed by atoms with Gasteiger partial charge in [-0.15, -0.1) is 0 Å². The number of nitrogens with zero attached hydrogens (tertiary/aromatic N) is 2. The van der Waals surface area contributed by atoms with Crippen LogP contribution in [0.25, 0.3) is 6.08 Å². The number of piperidine rings is 1. The van der Waals surface area contributed by atoms with Crippen LogP contribution in [0.1, 0.15) is 48.8 Å². The number of aromatic hydroxyl groups is 1. The molecule has 6 heteroatoms. The molecule has 0 radical (unpaired) electrons. The Morgan fingerprint density at radius 2 is 1.97 bits per heavy atom. The first-order chi connectivity index (χ1) is 17.4. The number of hydrogen-bond acceptors (Lipinski definition) is 5. The van der Waals surface area contributed by atoms with Crippen LogP contribution in [0.4, 0.5) is 0 Å². The summed E-state index contributed by atoms with van der Waals surface area (Å²) < 4.78 is 6.60. The van der Waals surface area contributed by atoms with Gasteiger partial charge in [0.15, 0.2) is 11.5 Å². The van der Waals surface area contributed by atoms with E-state index in [1.165, 1.54) is 18.4 Å². The second-order valence-electron chi connectivity index (χ2n) is 11.6. The number of carbonyl (C=O) groups excluding carboxylic acids is 1. The van der Waals surface area contributed by atoms with Crippen molar-refractivity contribution in [3.63, 3.8) is 0 Å². The molecule has 3 aliphatic carbocycles. The average Bonchev–Trinajstić information content (AvgIpc) is 3.63. The van der Waals surface area contributed by atoms with Gasteiger partial charge in [-0.25, -0.2) is 0 Å². The zero-order chi connectivity index (χ0) is 24.7. The normalized spacial score (nSPS) is 34.3. The molecule has 0 aromatic heterocycles. The molecule has 5 atom stereocenters. The third-order valence-corrected chi connectivity index (χ3v) is 9.79. The van der Waals surface area contributed by atoms with Gasteiger partial charge in [0.2, 0.25) is 5.91 Å². The molecule has 7 rings (SSSR count). The molecule has 3 fully saturated rings. The predicted molar refractivity (Wildman–Crippen MR) is 137 cm³/mol. The van der Waals surface area contributed by atoms with Gasteiger partial charge in [-0.3, -0.25) is 9.69 Å². The van der Waals surface area contributed by atoms with Crippen molar-refractivity contribution >= 4 is 12.0 Å². The minimum Gasteiger partial charge on any atom is -0.504 e. The van der Waals surface area contributed by atoms with Crippen LogP contribution in [0.15, 0.2) is 48.5 Å². The molecule has 188 valence electrons. The summed E-state index contributed by atoms with van der Waals surface area (Å²) in [4.78, 5) is 17.6. The van der Waals surface area contributed by atoms with Crippen LogP contribution in [-0.2, 0) is 16.6 Å². The van der Waals surface area contributed by atoms with E-state index in [1.807, 2.05) is 49.5 Å². The zero-order valence-corrected chi connectivity index (χ0v) is 20.8. The van der Waals surface area contributed by atoms with Crippen LogP contribution in [0.5, 0.6) is 11.5 Å². The van der Waals surface area contributed by atoms with Gasteiger partial charge >= 0.3 is 0 Å². The fourth-order valence-corrected chi connectivity index (χ4v) is 7.86. The second kappa shape index (κ2) is 7.83. The van der Waals surface area contributed by atoms with Crippen molar-refractivity contribution in [3.8, 4) is 11.5 Å². The number of phenolic OH excluding ortho intramolecular Hbond substituents is 1. The summed E-state index contributed by atoms with van der Waals surface area (Å²) in [5, 5.41) is 23.4. The molecule has 1 amide bonds. The predicted octanol–water partition coefficient (Wildman–Crippen LogP) is 3.50. The SMILES string of the molecule is CN(C(=O)/C=C/c1ccccc1)C1CCC2(O)[C@H]3Cc4ccc(O)c5c4[C@@]2(CCN3CC2CC2)C1O5. The molecule has 36 heavy (non-hydrogen) atoms. The number of carbonyl (C=O) groups is 1. The van der Waals surface area contributed by atoms with Crippen molar-refractivity contribution in [2.24, 2.45) is 5.92 Å². The molecule has 5 aliphatic rings. The van der Waals surface area contributed by atoms with Gasteiger partial charge in [0.25, 0.3) is 0 Å². The van der Waals surface area contributed by atoms with Gasteiger partial charge < -0.3 is 19.8 Å². The molecule has 2 aromatic carbocycles. The summed E-state index contributed by atoms with van der Waals surface area (Å²) in [7, 11) is 1.85. The molecule has 2 N–H and O–H groups in total. The minimum atomic E-state index is -0.933. The summed E-state index contributed by atoms with van der Waals surface area (Å²) in [6.07, 6.45) is 8.51. The van der Waals surface area contributed by atoms with Crippen LogP contribution >= 0.6 is 0 Å². The van der Waals surface area contributed by atoms with Gasteiger partial charge in [-0.1, -0.05) is 36.4 Å². The number of ether oxygens (including phenoxy) is 1. The van der Waals surface area contributed by atoms with E-state index in [2.05, 4.69) is 4.90 Å². The smallest absolute Gasteiger partial charge is 0.246 e. The van der Waals surface area contributed by atoms with Crippen molar-refractivity contribution in [3.05, 3.63) is 65.2 Å². The molecule has 3 unspecified atom stereocenters. The van der Waals surface area contributed by atoms with Crippen LogP contribution in [-0.4, -0.2) is 69.8 Å². The van der Waals surface area contributed by atoms with Crippen molar-refractivity contribution in [1.82, 2.24) is 9.80 Å². The molecule has 6 nitrogen and oxygen atoms in total. The quantitative estimate of drug-likeness (QED) is 0.633. The van der Waals surface area contributed by atoms with E-state index in [4.69, 9.17) is 4.74 Å². The molecule has 1 saturated heterocycles. The van der Waals surface area contributed by atoms with Crippen LogP contribution in [0.2, 0.25) is 0 Å². The fourth-order valence-electron chi connectivity index (χ4n) is 7.86. The third kappa shape index (κ3) is 3.00. The lowest BCUT2D eigenvalue weighted by atomic mass is 9.48. The Balaban J connectivity index is 1.26. The van der Waals surface area contributed by atoms with E-state index in [-0.39, 0.29) is 29.8 Å². The molecule has 2 aromatic rings. The van der Waals surface area contributed by atoms with Crippen molar-refractivity contribution in [2.45, 2.75) is 67.7 Å². The Kier molecular flexibility index (Phi) is 4.87. The summed E-state index contributed by atoms with van der Waals surface area (Å²) in [5.41, 5.74) is 1.62. The van der Waals surface area contributed by atoms with E-state index in [0.717, 1.165) is 43.0 Å². The maximum atomic E-state index is 13.3. The highest BCUT2D eigenvalue weighted by Crippen LogP contribution is 2.66. The van der Waals surface area contributed by atoms with E-state index in [0.29, 0.717) is 18.6 Å². The van der Waals surface area contributed by atoms with Crippen molar-refractivity contribution in [1.29, 1.82) is 0 Å². The van der Waals surface area contributed by atoms with Gasteiger partial charge in [0, 0.05) is 31.3 Å². The van der Waals surface area contributed by atoms with E-state index in [1.54, 1.807) is 17.0 Å². The molecular formula is C30H34N2O4. The Labute approximate surface area is 212 Å². The number of phenols is 1. The van der Waals surface area contributed by atoms with E-state index >= 15 is 0 Å². The standard InChI is InChI=1S/C30H34N2O4/c1-31(25(34)12-9-19-5-3-2-4-6-19)22-13-14-30(35)24-17-21-10-11-23(33)27-26(21)29(30,28(22)36-27)15-16-32(24)18-20-7-8-20/h2-6,9-12,20,22,24,28,33,35H,7-8,13-18H2,1H3/b12-9+/t22?,24-,28?,29+,30?/m1/s1. The number of hydrogen-bond donors (Lipinski definition) is 2. The zero-order valence-electron chi connectivity index (χ0n) is 20.8. The highest BCUT2D eigenvalue weighted by atomic mass is 16.5. The first-order valence-corrected chi connectivity index (χ1v) is 13.4. The second-order valence-corrected chi connectivity index (χ2v) is 11.6. The Bertz CT molecular complexity index is 1240. The topological polar surface area (TPSA) is 73.2 Å². The first-order valence-electron chi connectivity index (χ1n) is 13.4. The van der Waals surface area contributed by atoms with Crippen molar-refractivity contribution in [2.75, 3.05) is 20.1 Å². The van der Waals surface area contributed by atoms with E-state index in [9.17, 15) is 15.0 Å². The number of amides is 1. The maximum absolute atomic E-state index is 13.3. The van der Waals surface area contributed by atoms with Gasteiger partial charge in [-0.2, -0.15) is 0 Å². The van der Waals surface area contributed by atoms with Crippen LogP contribution in [0, 0.1) is 5.92 Å². The lowest BCUT2D eigenvalue weighted by molar-refractivity contribution is -0.200. The summed E-state index contributed by atoms with van der Waals surface area (Å²) >= 11 is 0. The highest BCUT2D eigenvalue weighted by Gasteiger charge is 2.73. The number of likely N-dealkylation sites (N-methyl/N-ethyl adjacent to an activating group) is 1. The molecule has 1 spiro atoms. The number of rotatable bonds is 5. The Morgan fingerprint density at radius 3 is 2.75 bits per heavy atom. The Hall–Kier alpha value is -2.83. The van der Waals surface area contributed by atoms with Crippen molar-refractivity contribution < 1.29 is 19.7 Å². The lowest BCUT2D eigenvalue weighted by Crippen LogP contribution is -2.78. The Morgan fingerprint density at radius 1 is 1.17 bits per heavy atom. The number of aliphatic hydroxyl groups is 1. The average molecular weight is 487 g/mol. The highest BCUT2D eigenvalue weighted by molar-refractivity contribution is 5.92. The summed E-state index contributed by atoms with van der Waals surface area (Å²) in [6.45, 7) is 1.97.